The van der Waals surface area contributed by atoms with Gasteiger partial charge in [0.05, 0.1) is 17.6 Å². The SMILES string of the molecule is CC(O)(CNC(=O)c1ccc(Cl)cc1Br)CC(=O)O. The van der Waals surface area contributed by atoms with Crippen LogP contribution in [0.2, 0.25) is 5.02 Å². The molecule has 0 heterocycles. The molecule has 0 saturated heterocycles. The maximum atomic E-state index is 11.9. The molecule has 0 aliphatic heterocycles. The van der Waals surface area contributed by atoms with Gasteiger partial charge in [-0.1, -0.05) is 11.6 Å². The highest BCUT2D eigenvalue weighted by Gasteiger charge is 2.25. The topological polar surface area (TPSA) is 86.6 Å². The number of aliphatic carboxylic acids is 1. The zero-order valence-electron chi connectivity index (χ0n) is 10.1. The molecular weight excluding hydrogens is 337 g/mol. The van der Waals surface area contributed by atoms with Gasteiger partial charge in [0.2, 0.25) is 0 Å². The fourth-order valence-electron chi connectivity index (χ4n) is 1.43. The van der Waals surface area contributed by atoms with E-state index in [1.165, 1.54) is 13.0 Å². The Kier molecular flexibility index (Phi) is 5.34. The third-order valence-corrected chi connectivity index (χ3v) is 3.23. The molecule has 1 atom stereocenters. The molecule has 1 aromatic carbocycles. The molecule has 1 aromatic rings. The number of halogens is 2. The van der Waals surface area contributed by atoms with Gasteiger partial charge < -0.3 is 15.5 Å². The van der Waals surface area contributed by atoms with Gasteiger partial charge in [0.25, 0.3) is 5.91 Å². The number of nitrogens with one attached hydrogen (secondary N) is 1. The van der Waals surface area contributed by atoms with E-state index in [2.05, 4.69) is 21.2 Å². The van der Waals surface area contributed by atoms with Gasteiger partial charge in [-0.15, -0.1) is 0 Å². The Morgan fingerprint density at radius 3 is 2.63 bits per heavy atom. The maximum Gasteiger partial charge on any atom is 0.306 e. The van der Waals surface area contributed by atoms with E-state index in [1.54, 1.807) is 12.1 Å². The van der Waals surface area contributed by atoms with Crippen molar-refractivity contribution in [3.8, 4) is 0 Å². The van der Waals surface area contributed by atoms with Crippen LogP contribution in [0, 0.1) is 0 Å². The van der Waals surface area contributed by atoms with E-state index < -0.39 is 23.9 Å². The summed E-state index contributed by atoms with van der Waals surface area (Å²) in [5, 5.41) is 21.3. The number of aliphatic hydroxyl groups is 1. The van der Waals surface area contributed by atoms with E-state index in [1.807, 2.05) is 0 Å². The molecule has 0 aliphatic rings. The van der Waals surface area contributed by atoms with Crippen LogP contribution in [0.1, 0.15) is 23.7 Å². The Morgan fingerprint density at radius 2 is 2.11 bits per heavy atom. The molecule has 0 fully saturated rings. The molecule has 0 aromatic heterocycles. The predicted molar refractivity (Wildman–Crippen MR) is 74.4 cm³/mol. The van der Waals surface area contributed by atoms with Crippen LogP contribution in [0.5, 0.6) is 0 Å². The molecule has 19 heavy (non-hydrogen) atoms. The lowest BCUT2D eigenvalue weighted by Crippen LogP contribution is -2.42. The average molecular weight is 351 g/mol. The number of carbonyl (C=O) groups is 2. The summed E-state index contributed by atoms with van der Waals surface area (Å²) in [6, 6.07) is 4.68. The second kappa shape index (κ2) is 6.36. The highest BCUT2D eigenvalue weighted by molar-refractivity contribution is 9.10. The Hall–Kier alpha value is -1.11. The predicted octanol–water partition coefficient (Wildman–Crippen LogP) is 2.06. The molecule has 1 unspecified atom stereocenters. The monoisotopic (exact) mass is 349 g/mol. The highest BCUT2D eigenvalue weighted by atomic mass is 79.9. The molecule has 3 N–H and O–H groups in total. The Bertz CT molecular complexity index is 505. The molecule has 0 bridgehead atoms. The van der Waals surface area contributed by atoms with Crippen LogP contribution in [0.3, 0.4) is 0 Å². The van der Waals surface area contributed by atoms with E-state index >= 15 is 0 Å². The lowest BCUT2D eigenvalue weighted by atomic mass is 10.0. The van der Waals surface area contributed by atoms with Crippen molar-refractivity contribution in [3.63, 3.8) is 0 Å². The average Bonchev–Trinajstić information content (AvgIpc) is 2.24. The normalized spacial score (nSPS) is 13.7. The number of hydrogen-bond acceptors (Lipinski definition) is 3. The van der Waals surface area contributed by atoms with Crippen LogP contribution in [-0.4, -0.2) is 34.2 Å². The van der Waals surface area contributed by atoms with Gasteiger partial charge in [-0.25, -0.2) is 0 Å². The Balaban J connectivity index is 2.68. The minimum atomic E-state index is -1.50. The number of hydrogen-bond donors (Lipinski definition) is 3. The molecule has 0 spiro atoms. The second-order valence-corrected chi connectivity index (χ2v) is 5.67. The summed E-state index contributed by atoms with van der Waals surface area (Å²) in [6.45, 7) is 1.19. The summed E-state index contributed by atoms with van der Waals surface area (Å²) in [6.07, 6.45) is -0.449. The first-order chi connectivity index (χ1) is 8.71. The number of carboxylic acids is 1. The van der Waals surface area contributed by atoms with Gasteiger partial charge in [-0.2, -0.15) is 0 Å². The third kappa shape index (κ3) is 5.18. The molecule has 0 aliphatic carbocycles. The van der Waals surface area contributed by atoms with Gasteiger partial charge in [0.15, 0.2) is 0 Å². The van der Waals surface area contributed by atoms with E-state index in [-0.39, 0.29) is 6.54 Å². The first-order valence-corrected chi connectivity index (χ1v) is 6.56. The molecule has 5 nitrogen and oxygen atoms in total. The zero-order chi connectivity index (χ0) is 14.6. The second-order valence-electron chi connectivity index (χ2n) is 4.37. The molecular formula is C12H13BrClNO4. The fourth-order valence-corrected chi connectivity index (χ4v) is 2.29. The van der Waals surface area contributed by atoms with Crippen LogP contribution < -0.4 is 5.32 Å². The number of benzene rings is 1. The van der Waals surface area contributed by atoms with Gasteiger partial charge >= 0.3 is 5.97 Å². The Labute approximate surface area is 123 Å². The highest BCUT2D eigenvalue weighted by Crippen LogP contribution is 2.21. The first-order valence-electron chi connectivity index (χ1n) is 5.39. The number of rotatable bonds is 5. The smallest absolute Gasteiger partial charge is 0.306 e. The van der Waals surface area contributed by atoms with Crippen molar-refractivity contribution in [2.75, 3.05) is 6.54 Å². The summed E-state index contributed by atoms with van der Waals surface area (Å²) in [4.78, 5) is 22.4. The van der Waals surface area contributed by atoms with Crippen LogP contribution in [-0.2, 0) is 4.79 Å². The number of carbonyl (C=O) groups excluding carboxylic acids is 1. The molecule has 104 valence electrons. The quantitative estimate of drug-likeness (QED) is 0.758. The summed E-state index contributed by atoms with van der Waals surface area (Å²) in [5.74, 6) is -1.55. The van der Waals surface area contributed by atoms with Gasteiger partial charge in [0.1, 0.15) is 0 Å². The van der Waals surface area contributed by atoms with Crippen LogP contribution >= 0.6 is 27.5 Å². The van der Waals surface area contributed by atoms with Crippen molar-refractivity contribution in [2.45, 2.75) is 18.9 Å². The lowest BCUT2D eigenvalue weighted by Gasteiger charge is -2.21. The van der Waals surface area contributed by atoms with Crippen molar-refractivity contribution in [2.24, 2.45) is 0 Å². The summed E-state index contributed by atoms with van der Waals surface area (Å²) in [7, 11) is 0. The number of carboxylic acid groups (broad SMARTS) is 1. The molecule has 1 amide bonds. The van der Waals surface area contributed by atoms with Crippen LogP contribution in [0.4, 0.5) is 0 Å². The van der Waals surface area contributed by atoms with E-state index in [4.69, 9.17) is 16.7 Å². The Morgan fingerprint density at radius 1 is 1.47 bits per heavy atom. The molecule has 1 rings (SSSR count). The lowest BCUT2D eigenvalue weighted by molar-refractivity contribution is -0.141. The largest absolute Gasteiger partial charge is 0.481 e. The van der Waals surface area contributed by atoms with Crippen molar-refractivity contribution in [3.05, 3.63) is 33.3 Å². The van der Waals surface area contributed by atoms with Gasteiger partial charge in [0, 0.05) is 16.0 Å². The van der Waals surface area contributed by atoms with E-state index in [0.717, 1.165) is 0 Å². The van der Waals surface area contributed by atoms with Crippen LogP contribution in [0.15, 0.2) is 22.7 Å². The van der Waals surface area contributed by atoms with Crippen molar-refractivity contribution in [1.82, 2.24) is 5.32 Å². The summed E-state index contributed by atoms with van der Waals surface area (Å²) >= 11 is 8.97. The van der Waals surface area contributed by atoms with Crippen molar-refractivity contribution in [1.29, 1.82) is 0 Å². The molecule has 0 radical (unpaired) electrons. The summed E-state index contributed by atoms with van der Waals surface area (Å²) in [5.41, 5.74) is -1.14. The van der Waals surface area contributed by atoms with E-state index in [9.17, 15) is 14.7 Å². The van der Waals surface area contributed by atoms with Crippen molar-refractivity contribution >= 4 is 39.4 Å². The third-order valence-electron chi connectivity index (χ3n) is 2.34. The van der Waals surface area contributed by atoms with Gasteiger partial charge in [-0.05, 0) is 41.1 Å². The standard InChI is InChI=1S/C12H13BrClNO4/c1-12(19,5-10(16)17)6-15-11(18)8-3-2-7(14)4-9(8)13/h2-4,19H,5-6H2,1H3,(H,15,18)(H,16,17). The van der Waals surface area contributed by atoms with Crippen molar-refractivity contribution < 1.29 is 19.8 Å². The first kappa shape index (κ1) is 15.9. The zero-order valence-corrected chi connectivity index (χ0v) is 12.5. The fraction of sp³-hybridized carbons (Fsp3) is 0.333. The molecule has 0 saturated carbocycles. The summed E-state index contributed by atoms with van der Waals surface area (Å²) < 4.78 is 0.523. The molecule has 7 heteroatoms. The minimum Gasteiger partial charge on any atom is -0.481 e. The van der Waals surface area contributed by atoms with Crippen LogP contribution in [0.25, 0.3) is 0 Å². The van der Waals surface area contributed by atoms with E-state index in [0.29, 0.717) is 15.1 Å². The van der Waals surface area contributed by atoms with Gasteiger partial charge in [-0.3, -0.25) is 9.59 Å². The maximum absolute atomic E-state index is 11.9. The minimum absolute atomic E-state index is 0.160. The number of amides is 1.